The molecule has 1 aliphatic rings. The van der Waals surface area contributed by atoms with E-state index < -0.39 is 16.9 Å². The number of nitro groups is 1. The smallest absolute Gasteiger partial charge is 0.326 e. The molecule has 0 radical (unpaired) electrons. The van der Waals surface area contributed by atoms with Crippen LogP contribution < -0.4 is 0 Å². The number of halogens is 1. The second-order valence-electron chi connectivity index (χ2n) is 4.44. The van der Waals surface area contributed by atoms with Gasteiger partial charge >= 0.3 is 5.97 Å². The highest BCUT2D eigenvalue weighted by molar-refractivity contribution is 9.10. The van der Waals surface area contributed by atoms with Crippen LogP contribution in [0, 0.1) is 10.1 Å². The van der Waals surface area contributed by atoms with E-state index in [0.29, 0.717) is 10.0 Å². The summed E-state index contributed by atoms with van der Waals surface area (Å²) in [5.41, 5.74) is 0.183. The quantitative estimate of drug-likeness (QED) is 0.665. The summed E-state index contributed by atoms with van der Waals surface area (Å²) >= 11 is 3.15. The number of rotatable bonds is 4. The van der Waals surface area contributed by atoms with Gasteiger partial charge in [0.1, 0.15) is 6.04 Å². The lowest BCUT2D eigenvalue weighted by atomic mass is 10.1. The summed E-state index contributed by atoms with van der Waals surface area (Å²) in [4.78, 5) is 34.5. The van der Waals surface area contributed by atoms with E-state index in [9.17, 15) is 19.7 Å². The lowest BCUT2D eigenvalue weighted by molar-refractivity contribution is -0.385. The maximum Gasteiger partial charge on any atom is 0.326 e. The molecular weight excluding hydrogens is 332 g/mol. The van der Waals surface area contributed by atoms with Gasteiger partial charge in [-0.15, -0.1) is 0 Å². The second-order valence-corrected chi connectivity index (χ2v) is 5.36. The van der Waals surface area contributed by atoms with Gasteiger partial charge in [0.05, 0.1) is 11.5 Å². The normalized spacial score (nSPS) is 18.4. The predicted octanol–water partition coefficient (Wildman–Crippen LogP) is 1.93. The molecule has 1 saturated heterocycles. The number of carboxylic acids is 1. The SMILES string of the molecule is O=C(O)C1CCC(=O)N1Cc1ccc(Br)cc1[N+](=O)[O-]. The molecule has 1 aromatic carbocycles. The number of nitrogens with zero attached hydrogens (tertiary/aromatic N) is 2. The number of carboxylic acid groups (broad SMARTS) is 1. The van der Waals surface area contributed by atoms with Crippen LogP contribution in [0.15, 0.2) is 22.7 Å². The first kappa shape index (κ1) is 14.4. The van der Waals surface area contributed by atoms with Gasteiger partial charge in [-0.2, -0.15) is 0 Å². The molecule has 2 rings (SSSR count). The Bertz CT molecular complexity index is 589. The number of aliphatic carboxylic acids is 1. The highest BCUT2D eigenvalue weighted by Crippen LogP contribution is 2.28. The molecule has 1 heterocycles. The lowest BCUT2D eigenvalue weighted by Crippen LogP contribution is -2.38. The molecule has 1 amide bonds. The summed E-state index contributed by atoms with van der Waals surface area (Å²) in [5, 5.41) is 20.1. The van der Waals surface area contributed by atoms with E-state index in [0.717, 1.165) is 0 Å². The fraction of sp³-hybridized carbons (Fsp3) is 0.333. The summed E-state index contributed by atoms with van der Waals surface area (Å²) in [6.45, 7) is -0.0700. The van der Waals surface area contributed by atoms with Crippen molar-refractivity contribution < 1.29 is 19.6 Å². The minimum atomic E-state index is -1.09. The van der Waals surface area contributed by atoms with Crippen LogP contribution >= 0.6 is 15.9 Å². The molecule has 1 fully saturated rings. The topological polar surface area (TPSA) is 101 Å². The minimum Gasteiger partial charge on any atom is -0.480 e. The number of carbonyl (C=O) groups excluding carboxylic acids is 1. The van der Waals surface area contributed by atoms with E-state index >= 15 is 0 Å². The van der Waals surface area contributed by atoms with E-state index in [1.54, 1.807) is 6.07 Å². The fourth-order valence-electron chi connectivity index (χ4n) is 2.21. The molecule has 0 aromatic heterocycles. The van der Waals surface area contributed by atoms with Gasteiger partial charge in [0.2, 0.25) is 5.91 Å². The number of amides is 1. The summed E-state index contributed by atoms with van der Waals surface area (Å²) in [6, 6.07) is 3.57. The van der Waals surface area contributed by atoms with Crippen LogP contribution in [0.25, 0.3) is 0 Å². The molecule has 1 aromatic rings. The van der Waals surface area contributed by atoms with E-state index in [1.807, 2.05) is 0 Å². The number of benzene rings is 1. The highest BCUT2D eigenvalue weighted by Gasteiger charge is 2.36. The predicted molar refractivity (Wildman–Crippen MR) is 72.0 cm³/mol. The number of hydrogen-bond acceptors (Lipinski definition) is 4. The van der Waals surface area contributed by atoms with Crippen LogP contribution in [0.5, 0.6) is 0 Å². The molecule has 106 valence electrons. The average molecular weight is 343 g/mol. The number of likely N-dealkylation sites (tertiary alicyclic amines) is 1. The summed E-state index contributed by atoms with van der Waals surface area (Å²) in [7, 11) is 0. The molecule has 1 N–H and O–H groups in total. The molecule has 1 aliphatic heterocycles. The zero-order chi connectivity index (χ0) is 14.9. The number of hydrogen-bond donors (Lipinski definition) is 1. The van der Waals surface area contributed by atoms with Crippen molar-refractivity contribution in [2.45, 2.75) is 25.4 Å². The third-order valence-corrected chi connectivity index (χ3v) is 3.69. The Morgan fingerprint density at radius 2 is 2.25 bits per heavy atom. The van der Waals surface area contributed by atoms with Crippen LogP contribution in [0.2, 0.25) is 0 Å². The van der Waals surface area contributed by atoms with Crippen molar-refractivity contribution in [1.29, 1.82) is 0 Å². The Balaban J connectivity index is 2.31. The molecule has 0 saturated carbocycles. The van der Waals surface area contributed by atoms with E-state index in [1.165, 1.54) is 17.0 Å². The van der Waals surface area contributed by atoms with Gasteiger partial charge in [-0.1, -0.05) is 15.9 Å². The van der Waals surface area contributed by atoms with Gasteiger partial charge in [-0.3, -0.25) is 14.9 Å². The number of carbonyl (C=O) groups is 2. The molecule has 0 aliphatic carbocycles. The van der Waals surface area contributed by atoms with Crippen LogP contribution in [-0.4, -0.2) is 32.8 Å². The molecule has 8 heteroatoms. The van der Waals surface area contributed by atoms with Gasteiger partial charge in [0, 0.05) is 22.5 Å². The van der Waals surface area contributed by atoms with Crippen molar-refractivity contribution in [1.82, 2.24) is 4.90 Å². The van der Waals surface area contributed by atoms with Gasteiger partial charge in [-0.05, 0) is 18.6 Å². The average Bonchev–Trinajstić information content (AvgIpc) is 2.73. The Hall–Kier alpha value is -1.96. The van der Waals surface area contributed by atoms with E-state index in [-0.39, 0.29) is 31.0 Å². The molecule has 0 spiro atoms. The monoisotopic (exact) mass is 342 g/mol. The maximum atomic E-state index is 11.7. The van der Waals surface area contributed by atoms with Crippen LogP contribution in [-0.2, 0) is 16.1 Å². The van der Waals surface area contributed by atoms with Gasteiger partial charge < -0.3 is 10.0 Å². The van der Waals surface area contributed by atoms with Crippen molar-refractivity contribution in [3.05, 3.63) is 38.3 Å². The summed E-state index contributed by atoms with van der Waals surface area (Å²) in [5.74, 6) is -1.38. The van der Waals surface area contributed by atoms with Crippen LogP contribution in [0.4, 0.5) is 5.69 Å². The molecule has 1 unspecified atom stereocenters. The van der Waals surface area contributed by atoms with Gasteiger partial charge in [-0.25, -0.2) is 4.79 Å². The van der Waals surface area contributed by atoms with Crippen molar-refractivity contribution in [3.63, 3.8) is 0 Å². The molecule has 7 nitrogen and oxygen atoms in total. The molecule has 20 heavy (non-hydrogen) atoms. The lowest BCUT2D eigenvalue weighted by Gasteiger charge is -2.21. The molecule has 0 bridgehead atoms. The summed E-state index contributed by atoms with van der Waals surface area (Å²) in [6.07, 6.45) is 0.389. The third kappa shape index (κ3) is 2.79. The van der Waals surface area contributed by atoms with Crippen LogP contribution in [0.1, 0.15) is 18.4 Å². The van der Waals surface area contributed by atoms with Gasteiger partial charge in [0.15, 0.2) is 0 Å². The van der Waals surface area contributed by atoms with Crippen molar-refractivity contribution in [2.75, 3.05) is 0 Å². The zero-order valence-electron chi connectivity index (χ0n) is 10.3. The Morgan fingerprint density at radius 3 is 2.85 bits per heavy atom. The van der Waals surface area contributed by atoms with Crippen LogP contribution in [0.3, 0.4) is 0 Å². The maximum absolute atomic E-state index is 11.7. The Morgan fingerprint density at radius 1 is 1.55 bits per heavy atom. The van der Waals surface area contributed by atoms with Crippen molar-refractivity contribution >= 4 is 33.5 Å². The van der Waals surface area contributed by atoms with Gasteiger partial charge in [0.25, 0.3) is 5.69 Å². The fourth-order valence-corrected chi connectivity index (χ4v) is 2.56. The van der Waals surface area contributed by atoms with E-state index in [4.69, 9.17) is 5.11 Å². The zero-order valence-corrected chi connectivity index (χ0v) is 11.9. The third-order valence-electron chi connectivity index (χ3n) is 3.20. The van der Waals surface area contributed by atoms with Crippen molar-refractivity contribution in [3.8, 4) is 0 Å². The largest absolute Gasteiger partial charge is 0.480 e. The first-order chi connectivity index (χ1) is 9.40. The Kier molecular flexibility index (Phi) is 4.03. The molecular formula is C12H11BrN2O5. The second kappa shape index (κ2) is 5.58. The first-order valence-corrected chi connectivity index (χ1v) is 6.64. The first-order valence-electron chi connectivity index (χ1n) is 5.85. The minimum absolute atomic E-state index is 0.0700. The Labute approximate surface area is 122 Å². The van der Waals surface area contributed by atoms with E-state index in [2.05, 4.69) is 15.9 Å². The highest BCUT2D eigenvalue weighted by atomic mass is 79.9. The number of nitro benzene ring substituents is 1. The summed E-state index contributed by atoms with van der Waals surface area (Å²) < 4.78 is 0.551. The molecule has 1 atom stereocenters. The van der Waals surface area contributed by atoms with Crippen molar-refractivity contribution in [2.24, 2.45) is 0 Å². The standard InChI is InChI=1S/C12H11BrN2O5/c13-8-2-1-7(10(5-8)15(19)20)6-14-9(12(17)18)3-4-11(14)16/h1-2,5,9H,3-4,6H2,(H,17,18).